The van der Waals surface area contributed by atoms with E-state index in [1.165, 1.54) is 23.1 Å². The molecule has 3 N–H and O–H groups in total. The second-order valence-electron chi connectivity index (χ2n) is 7.81. The smallest absolute Gasteiger partial charge is 0.256 e. The molecule has 2 aliphatic rings. The van der Waals surface area contributed by atoms with Crippen LogP contribution >= 0.6 is 0 Å². The molecule has 0 radical (unpaired) electrons. The standard InChI is InChI=1S/C21H22F3N3O2/c1-12-4-7-16(15(23)9-12)26-19-13(5-6-14(22)18(19)24)20(28)27-10-21(29,11-27)17-3-2-8-25-17/h4-7,9,17,25-26,29H,2-3,8,10-11H2,1H3. The molecule has 2 saturated heterocycles. The molecule has 2 fully saturated rings. The highest BCUT2D eigenvalue weighted by atomic mass is 19.2. The summed E-state index contributed by atoms with van der Waals surface area (Å²) in [5, 5.41) is 16.4. The van der Waals surface area contributed by atoms with E-state index in [9.17, 15) is 23.1 Å². The molecule has 2 heterocycles. The fraction of sp³-hybridized carbons (Fsp3) is 0.381. The van der Waals surface area contributed by atoms with Crippen molar-refractivity contribution in [3.8, 4) is 0 Å². The Hall–Kier alpha value is -2.58. The van der Waals surface area contributed by atoms with Crippen molar-refractivity contribution in [2.75, 3.05) is 25.0 Å². The van der Waals surface area contributed by atoms with Gasteiger partial charge in [0.25, 0.3) is 5.91 Å². The molecule has 0 spiro atoms. The number of hydrogen-bond donors (Lipinski definition) is 3. The number of aryl methyl sites for hydroxylation is 1. The van der Waals surface area contributed by atoms with Gasteiger partial charge in [-0.2, -0.15) is 0 Å². The van der Waals surface area contributed by atoms with E-state index in [0.717, 1.165) is 25.5 Å². The van der Waals surface area contributed by atoms with E-state index in [4.69, 9.17) is 0 Å². The number of likely N-dealkylation sites (tertiary alicyclic amines) is 1. The van der Waals surface area contributed by atoms with E-state index in [0.29, 0.717) is 5.56 Å². The van der Waals surface area contributed by atoms with Gasteiger partial charge in [0.1, 0.15) is 11.4 Å². The molecule has 2 aromatic carbocycles. The number of nitrogens with one attached hydrogen (secondary N) is 2. The molecule has 0 bridgehead atoms. The van der Waals surface area contributed by atoms with Crippen molar-refractivity contribution >= 4 is 17.3 Å². The number of benzene rings is 2. The number of carbonyl (C=O) groups excluding carboxylic acids is 1. The SMILES string of the molecule is Cc1ccc(Nc2c(C(=O)N3CC(O)(C4CCCN4)C3)ccc(F)c2F)c(F)c1. The Morgan fingerprint density at radius 3 is 2.62 bits per heavy atom. The van der Waals surface area contributed by atoms with Gasteiger partial charge in [0.05, 0.1) is 30.0 Å². The lowest BCUT2D eigenvalue weighted by atomic mass is 9.84. The quantitative estimate of drug-likeness (QED) is 0.732. The third kappa shape index (κ3) is 3.58. The van der Waals surface area contributed by atoms with E-state index >= 15 is 0 Å². The molecule has 0 aromatic heterocycles. The van der Waals surface area contributed by atoms with Gasteiger partial charge in [-0.1, -0.05) is 6.07 Å². The van der Waals surface area contributed by atoms with Gasteiger partial charge >= 0.3 is 0 Å². The van der Waals surface area contributed by atoms with Crippen LogP contribution < -0.4 is 10.6 Å². The Kier molecular flexibility index (Phi) is 5.00. The minimum absolute atomic E-state index is 0.0654. The number of anilines is 2. The zero-order valence-electron chi connectivity index (χ0n) is 15.9. The monoisotopic (exact) mass is 405 g/mol. The fourth-order valence-electron chi connectivity index (χ4n) is 4.00. The van der Waals surface area contributed by atoms with E-state index in [-0.39, 0.29) is 30.4 Å². The predicted octanol–water partition coefficient (Wildman–Crippen LogP) is 3.09. The molecule has 5 nitrogen and oxygen atoms in total. The van der Waals surface area contributed by atoms with Crippen molar-refractivity contribution < 1.29 is 23.1 Å². The molecule has 1 atom stereocenters. The lowest BCUT2D eigenvalue weighted by Crippen LogP contribution is -2.70. The van der Waals surface area contributed by atoms with Crippen molar-refractivity contribution in [2.45, 2.75) is 31.4 Å². The summed E-state index contributed by atoms with van der Waals surface area (Å²) in [6, 6.07) is 6.22. The van der Waals surface area contributed by atoms with Gasteiger partial charge in [0.15, 0.2) is 11.6 Å². The Balaban J connectivity index is 1.59. The molecule has 0 saturated carbocycles. The van der Waals surface area contributed by atoms with Crippen LogP contribution in [0, 0.1) is 24.4 Å². The number of carbonyl (C=O) groups is 1. The molecule has 29 heavy (non-hydrogen) atoms. The molecule has 2 aromatic rings. The van der Waals surface area contributed by atoms with Crippen LogP contribution in [0.4, 0.5) is 24.5 Å². The number of rotatable bonds is 4. The molecule has 8 heteroatoms. The van der Waals surface area contributed by atoms with Crippen molar-refractivity contribution in [3.63, 3.8) is 0 Å². The number of hydrogen-bond acceptors (Lipinski definition) is 4. The zero-order valence-corrected chi connectivity index (χ0v) is 15.9. The van der Waals surface area contributed by atoms with Crippen LogP contribution in [0.3, 0.4) is 0 Å². The third-order valence-electron chi connectivity index (χ3n) is 5.63. The van der Waals surface area contributed by atoms with Gasteiger partial charge in [-0.3, -0.25) is 4.79 Å². The van der Waals surface area contributed by atoms with Gasteiger partial charge in [0, 0.05) is 6.04 Å². The van der Waals surface area contributed by atoms with Crippen LogP contribution in [0.15, 0.2) is 30.3 Å². The van der Waals surface area contributed by atoms with Crippen molar-refractivity contribution in [3.05, 3.63) is 58.9 Å². The summed E-state index contributed by atoms with van der Waals surface area (Å²) < 4.78 is 42.5. The summed E-state index contributed by atoms with van der Waals surface area (Å²) in [6.45, 7) is 2.72. The van der Waals surface area contributed by atoms with Crippen LogP contribution in [0.2, 0.25) is 0 Å². The zero-order chi connectivity index (χ0) is 20.8. The first kappa shape index (κ1) is 19.7. The van der Waals surface area contributed by atoms with E-state index < -0.39 is 34.6 Å². The Bertz CT molecular complexity index is 954. The summed E-state index contributed by atoms with van der Waals surface area (Å²) in [7, 11) is 0. The summed E-state index contributed by atoms with van der Waals surface area (Å²) in [6.07, 6.45) is 1.78. The van der Waals surface area contributed by atoms with E-state index in [1.54, 1.807) is 13.0 Å². The Labute approximate surface area is 166 Å². The summed E-state index contributed by atoms with van der Waals surface area (Å²) in [4.78, 5) is 14.3. The maximum atomic E-state index is 14.5. The average molecular weight is 405 g/mol. The van der Waals surface area contributed by atoms with Gasteiger partial charge in [0.2, 0.25) is 0 Å². The minimum atomic E-state index is -1.26. The largest absolute Gasteiger partial charge is 0.385 e. The number of amides is 1. The number of halogens is 3. The Morgan fingerprint density at radius 1 is 1.21 bits per heavy atom. The number of β-amino-alcohol motifs (C(OH)–C–C–N with tert-alkyl or cyclic N) is 1. The summed E-state index contributed by atoms with van der Waals surface area (Å²) >= 11 is 0. The lowest BCUT2D eigenvalue weighted by molar-refractivity contribution is -0.100. The second-order valence-corrected chi connectivity index (χ2v) is 7.81. The molecule has 1 amide bonds. The normalized spacial score (nSPS) is 20.4. The van der Waals surface area contributed by atoms with Crippen molar-refractivity contribution in [1.29, 1.82) is 0 Å². The maximum Gasteiger partial charge on any atom is 0.256 e. The topological polar surface area (TPSA) is 64.6 Å². The highest BCUT2D eigenvalue weighted by molar-refractivity contribution is 6.01. The minimum Gasteiger partial charge on any atom is -0.385 e. The van der Waals surface area contributed by atoms with Gasteiger partial charge in [-0.15, -0.1) is 0 Å². The molecular weight excluding hydrogens is 383 g/mol. The third-order valence-corrected chi connectivity index (χ3v) is 5.63. The van der Waals surface area contributed by atoms with E-state index in [2.05, 4.69) is 10.6 Å². The molecule has 4 rings (SSSR count). The first-order valence-electron chi connectivity index (χ1n) is 9.55. The second kappa shape index (κ2) is 7.35. The van der Waals surface area contributed by atoms with Gasteiger partial charge in [-0.05, 0) is 56.1 Å². The van der Waals surface area contributed by atoms with Crippen LogP contribution in [0.25, 0.3) is 0 Å². The number of nitrogens with zero attached hydrogens (tertiary/aromatic N) is 1. The predicted molar refractivity (Wildman–Crippen MR) is 103 cm³/mol. The lowest BCUT2D eigenvalue weighted by Gasteiger charge is -2.49. The molecule has 154 valence electrons. The highest BCUT2D eigenvalue weighted by Crippen LogP contribution is 2.34. The van der Waals surface area contributed by atoms with E-state index in [1.807, 2.05) is 0 Å². The molecule has 1 unspecified atom stereocenters. The maximum absolute atomic E-state index is 14.5. The fourth-order valence-corrected chi connectivity index (χ4v) is 4.00. The molecule has 2 aliphatic heterocycles. The van der Waals surface area contributed by atoms with Crippen molar-refractivity contribution in [2.24, 2.45) is 0 Å². The van der Waals surface area contributed by atoms with Crippen LogP contribution in [0.1, 0.15) is 28.8 Å². The number of aliphatic hydroxyl groups is 1. The highest BCUT2D eigenvalue weighted by Gasteiger charge is 2.50. The summed E-state index contributed by atoms with van der Waals surface area (Å²) in [5.41, 5.74) is -0.965. The average Bonchev–Trinajstić information content (AvgIpc) is 3.19. The Morgan fingerprint density at radius 2 is 1.97 bits per heavy atom. The van der Waals surface area contributed by atoms with Gasteiger partial charge in [-0.25, -0.2) is 13.2 Å². The molecule has 0 aliphatic carbocycles. The summed E-state index contributed by atoms with van der Waals surface area (Å²) in [5.74, 6) is -3.60. The van der Waals surface area contributed by atoms with Crippen molar-refractivity contribution in [1.82, 2.24) is 10.2 Å². The molecular formula is C21H22F3N3O2. The van der Waals surface area contributed by atoms with Crippen LogP contribution in [0.5, 0.6) is 0 Å². The first-order chi connectivity index (χ1) is 13.8. The van der Waals surface area contributed by atoms with Crippen LogP contribution in [-0.4, -0.2) is 47.2 Å². The van der Waals surface area contributed by atoms with Crippen LogP contribution in [-0.2, 0) is 0 Å². The van der Waals surface area contributed by atoms with Gasteiger partial charge < -0.3 is 20.6 Å². The first-order valence-corrected chi connectivity index (χ1v) is 9.55.